The molecule has 27 heavy (non-hydrogen) atoms. The summed E-state index contributed by atoms with van der Waals surface area (Å²) < 4.78 is 13.8. The Balaban J connectivity index is 2.01. The highest BCUT2D eigenvalue weighted by molar-refractivity contribution is 5.94. The van der Waals surface area contributed by atoms with Crippen LogP contribution in [0, 0.1) is 5.82 Å². The molecule has 5 nitrogen and oxygen atoms in total. The summed E-state index contributed by atoms with van der Waals surface area (Å²) in [5, 5.41) is 0.423. The molecule has 6 heteroatoms. The van der Waals surface area contributed by atoms with Crippen LogP contribution in [0.2, 0.25) is 0 Å². The first kappa shape index (κ1) is 16.7. The van der Waals surface area contributed by atoms with E-state index >= 15 is 0 Å². The van der Waals surface area contributed by atoms with E-state index < -0.39 is 5.91 Å². The lowest BCUT2D eigenvalue weighted by Gasteiger charge is -2.11. The lowest BCUT2D eigenvalue weighted by Crippen LogP contribution is -2.10. The van der Waals surface area contributed by atoms with Crippen molar-refractivity contribution < 1.29 is 9.18 Å². The van der Waals surface area contributed by atoms with Gasteiger partial charge in [0.2, 0.25) is 5.91 Å². The monoisotopic (exact) mass is 359 g/mol. The van der Waals surface area contributed by atoms with Gasteiger partial charge in [-0.1, -0.05) is 24.3 Å². The van der Waals surface area contributed by atoms with Gasteiger partial charge in [0.15, 0.2) is 5.43 Å². The van der Waals surface area contributed by atoms with Crippen molar-refractivity contribution in [2.75, 3.05) is 0 Å². The van der Waals surface area contributed by atoms with Gasteiger partial charge >= 0.3 is 0 Å². The Morgan fingerprint density at radius 2 is 1.78 bits per heavy atom. The lowest BCUT2D eigenvalue weighted by molar-refractivity contribution is 0.100. The van der Waals surface area contributed by atoms with Gasteiger partial charge in [-0.15, -0.1) is 0 Å². The second kappa shape index (κ2) is 6.49. The van der Waals surface area contributed by atoms with Crippen LogP contribution in [0.25, 0.3) is 33.4 Å². The van der Waals surface area contributed by atoms with Gasteiger partial charge in [-0.3, -0.25) is 9.59 Å². The largest absolute Gasteiger partial charge is 0.366 e. The Morgan fingerprint density at radius 3 is 2.48 bits per heavy atom. The standard InChI is InChI=1S/C21H14FN3O2/c22-15-3-1-2-14(10-15)19-16(12-4-6-13(7-5-12)20(23)27)11-17-18(26)8-9-24-21(17)25-19/h1-11H,(H2,23,27)(H,24,25,26). The molecule has 0 unspecified atom stereocenters. The minimum atomic E-state index is -0.528. The van der Waals surface area contributed by atoms with Crippen molar-refractivity contribution in [1.82, 2.24) is 9.97 Å². The molecule has 2 aromatic carbocycles. The molecular weight excluding hydrogens is 345 g/mol. The summed E-state index contributed by atoms with van der Waals surface area (Å²) in [5.41, 5.74) is 8.41. The van der Waals surface area contributed by atoms with Gasteiger partial charge in [0.05, 0.1) is 11.1 Å². The van der Waals surface area contributed by atoms with Crippen LogP contribution in [0.4, 0.5) is 4.39 Å². The molecule has 0 aliphatic carbocycles. The van der Waals surface area contributed by atoms with Gasteiger partial charge in [-0.05, 0) is 35.9 Å². The number of nitrogens with zero attached hydrogens (tertiary/aromatic N) is 1. The zero-order chi connectivity index (χ0) is 19.0. The summed E-state index contributed by atoms with van der Waals surface area (Å²) in [6, 6.07) is 15.9. The molecule has 2 aromatic heterocycles. The number of hydrogen-bond donors (Lipinski definition) is 2. The molecule has 0 bridgehead atoms. The fraction of sp³-hybridized carbons (Fsp3) is 0. The average molecular weight is 359 g/mol. The molecule has 0 spiro atoms. The summed E-state index contributed by atoms with van der Waals surface area (Å²) in [5.74, 6) is -0.911. The second-order valence-electron chi connectivity index (χ2n) is 6.07. The fourth-order valence-corrected chi connectivity index (χ4v) is 2.99. The van der Waals surface area contributed by atoms with Crippen LogP contribution < -0.4 is 11.2 Å². The molecule has 1 amide bonds. The molecule has 3 N–H and O–H groups in total. The third-order valence-corrected chi connectivity index (χ3v) is 4.32. The van der Waals surface area contributed by atoms with Crippen molar-refractivity contribution in [3.63, 3.8) is 0 Å². The molecule has 4 rings (SSSR count). The van der Waals surface area contributed by atoms with E-state index in [0.29, 0.717) is 33.4 Å². The zero-order valence-electron chi connectivity index (χ0n) is 14.1. The Morgan fingerprint density at radius 1 is 1.00 bits per heavy atom. The van der Waals surface area contributed by atoms with Crippen LogP contribution in [0.15, 0.2) is 71.7 Å². The van der Waals surface area contributed by atoms with Gasteiger partial charge < -0.3 is 10.7 Å². The Labute approximate surface area is 153 Å². The average Bonchev–Trinajstić information content (AvgIpc) is 2.67. The Kier molecular flexibility index (Phi) is 4.01. The first-order valence-corrected chi connectivity index (χ1v) is 8.21. The number of carbonyl (C=O) groups is 1. The number of primary amides is 1. The molecule has 0 fully saturated rings. The van der Waals surface area contributed by atoms with E-state index in [1.54, 1.807) is 42.5 Å². The number of H-pyrrole nitrogens is 1. The molecule has 2 heterocycles. The molecule has 0 aliphatic heterocycles. The first-order chi connectivity index (χ1) is 13.0. The third kappa shape index (κ3) is 3.08. The number of nitrogens with one attached hydrogen (secondary N) is 1. The topological polar surface area (TPSA) is 88.8 Å². The van der Waals surface area contributed by atoms with Crippen molar-refractivity contribution >= 4 is 16.9 Å². The van der Waals surface area contributed by atoms with Gasteiger partial charge in [0.1, 0.15) is 11.5 Å². The fourth-order valence-electron chi connectivity index (χ4n) is 2.99. The van der Waals surface area contributed by atoms with Gasteiger partial charge in [-0.2, -0.15) is 0 Å². The lowest BCUT2D eigenvalue weighted by atomic mass is 9.97. The maximum atomic E-state index is 13.8. The van der Waals surface area contributed by atoms with E-state index in [-0.39, 0.29) is 11.2 Å². The number of benzene rings is 2. The van der Waals surface area contributed by atoms with Crippen LogP contribution in [-0.2, 0) is 0 Å². The Bertz CT molecular complexity index is 1230. The number of carbonyl (C=O) groups excluding carboxylic acids is 1. The Hall–Kier alpha value is -3.80. The van der Waals surface area contributed by atoms with Crippen molar-refractivity contribution in [2.24, 2.45) is 5.73 Å². The number of aromatic nitrogens is 2. The number of fused-ring (bicyclic) bond motifs is 1. The van der Waals surface area contributed by atoms with E-state index in [4.69, 9.17) is 5.73 Å². The van der Waals surface area contributed by atoms with E-state index in [0.717, 1.165) is 5.56 Å². The summed E-state index contributed by atoms with van der Waals surface area (Å²) in [6.07, 6.45) is 1.52. The first-order valence-electron chi connectivity index (χ1n) is 8.21. The van der Waals surface area contributed by atoms with Crippen molar-refractivity contribution in [3.05, 3.63) is 88.5 Å². The highest BCUT2D eigenvalue weighted by Crippen LogP contribution is 2.32. The number of hydrogen-bond acceptors (Lipinski definition) is 3. The quantitative estimate of drug-likeness (QED) is 0.587. The summed E-state index contributed by atoms with van der Waals surface area (Å²) in [6.45, 7) is 0. The summed E-state index contributed by atoms with van der Waals surface area (Å²) in [7, 11) is 0. The molecule has 0 aliphatic rings. The number of amides is 1. The number of rotatable bonds is 3. The minimum absolute atomic E-state index is 0.169. The van der Waals surface area contributed by atoms with Crippen molar-refractivity contribution in [1.29, 1.82) is 0 Å². The summed E-state index contributed by atoms with van der Waals surface area (Å²) in [4.78, 5) is 31.1. The van der Waals surface area contributed by atoms with Gasteiger partial charge in [0.25, 0.3) is 0 Å². The zero-order valence-corrected chi connectivity index (χ0v) is 14.1. The van der Waals surface area contributed by atoms with Crippen LogP contribution >= 0.6 is 0 Å². The maximum Gasteiger partial charge on any atom is 0.248 e. The van der Waals surface area contributed by atoms with E-state index in [1.807, 2.05) is 0 Å². The van der Waals surface area contributed by atoms with E-state index in [1.165, 1.54) is 24.4 Å². The highest BCUT2D eigenvalue weighted by atomic mass is 19.1. The number of nitrogens with two attached hydrogens (primary N) is 1. The maximum absolute atomic E-state index is 13.8. The number of halogens is 1. The summed E-state index contributed by atoms with van der Waals surface area (Å²) >= 11 is 0. The molecule has 0 saturated heterocycles. The predicted octanol–water partition coefficient (Wildman–Crippen LogP) is 3.50. The van der Waals surface area contributed by atoms with Crippen LogP contribution in [0.1, 0.15) is 10.4 Å². The number of aromatic amines is 1. The highest BCUT2D eigenvalue weighted by Gasteiger charge is 2.14. The SMILES string of the molecule is NC(=O)c1ccc(-c2cc3c(=O)cc[nH]c3nc2-c2cccc(F)c2)cc1. The molecule has 132 valence electrons. The minimum Gasteiger partial charge on any atom is -0.366 e. The van der Waals surface area contributed by atoms with E-state index in [2.05, 4.69) is 9.97 Å². The van der Waals surface area contributed by atoms with E-state index in [9.17, 15) is 14.0 Å². The number of pyridine rings is 2. The molecular formula is C21H14FN3O2. The molecule has 0 radical (unpaired) electrons. The molecule has 0 atom stereocenters. The molecule has 4 aromatic rings. The van der Waals surface area contributed by atoms with Crippen LogP contribution in [0.3, 0.4) is 0 Å². The van der Waals surface area contributed by atoms with Gasteiger partial charge in [-0.25, -0.2) is 9.37 Å². The third-order valence-electron chi connectivity index (χ3n) is 4.32. The molecule has 0 saturated carbocycles. The van der Waals surface area contributed by atoms with Crippen LogP contribution in [0.5, 0.6) is 0 Å². The van der Waals surface area contributed by atoms with Gasteiger partial charge in [0, 0.05) is 29.0 Å². The van der Waals surface area contributed by atoms with Crippen molar-refractivity contribution in [2.45, 2.75) is 0 Å². The van der Waals surface area contributed by atoms with Crippen LogP contribution in [-0.4, -0.2) is 15.9 Å². The smallest absolute Gasteiger partial charge is 0.248 e. The second-order valence-corrected chi connectivity index (χ2v) is 6.07. The van der Waals surface area contributed by atoms with Crippen molar-refractivity contribution in [3.8, 4) is 22.4 Å². The predicted molar refractivity (Wildman–Crippen MR) is 102 cm³/mol. The normalized spacial score (nSPS) is 10.9.